The third-order valence-corrected chi connectivity index (χ3v) is 5.16. The molecule has 0 saturated carbocycles. The molecular formula is C21H26N4O. The lowest BCUT2D eigenvalue weighted by atomic mass is 10.0. The van der Waals surface area contributed by atoms with Crippen molar-refractivity contribution < 1.29 is 4.74 Å². The second kappa shape index (κ2) is 7.56. The van der Waals surface area contributed by atoms with Crippen LogP contribution in [-0.4, -0.2) is 45.5 Å². The van der Waals surface area contributed by atoms with Crippen LogP contribution >= 0.6 is 0 Å². The molecule has 5 nitrogen and oxygen atoms in total. The molecule has 1 aliphatic rings. The van der Waals surface area contributed by atoms with Gasteiger partial charge in [0.15, 0.2) is 0 Å². The monoisotopic (exact) mass is 350 g/mol. The van der Waals surface area contributed by atoms with Gasteiger partial charge in [0.1, 0.15) is 0 Å². The third-order valence-electron chi connectivity index (χ3n) is 5.16. The first-order valence-electron chi connectivity index (χ1n) is 9.31. The maximum Gasteiger partial charge on any atom is 0.0706 e. The van der Waals surface area contributed by atoms with Crippen LogP contribution in [0.4, 0.5) is 0 Å². The molecule has 5 heteroatoms. The summed E-state index contributed by atoms with van der Waals surface area (Å²) in [5, 5.41) is 5.53. The fourth-order valence-electron chi connectivity index (χ4n) is 3.88. The molecule has 0 radical (unpaired) electrons. The Balaban J connectivity index is 1.30. The summed E-state index contributed by atoms with van der Waals surface area (Å²) in [4.78, 5) is 6.51. The van der Waals surface area contributed by atoms with Crippen molar-refractivity contribution in [1.29, 1.82) is 0 Å². The normalized spacial score (nSPS) is 20.3. The Morgan fingerprint density at radius 1 is 1.15 bits per heavy atom. The van der Waals surface area contributed by atoms with Gasteiger partial charge in [0.25, 0.3) is 0 Å². The van der Waals surface area contributed by atoms with Crippen LogP contribution in [0.1, 0.15) is 24.0 Å². The van der Waals surface area contributed by atoms with E-state index in [0.29, 0.717) is 12.2 Å². The number of nitrogens with zero attached hydrogens (tertiary/aromatic N) is 4. The number of benzene rings is 1. The number of hydrogen-bond donors (Lipinski definition) is 0. The molecule has 3 heterocycles. The van der Waals surface area contributed by atoms with Crippen molar-refractivity contribution in [2.45, 2.75) is 38.0 Å². The first kappa shape index (κ1) is 17.2. The number of likely N-dealkylation sites (N-methyl/N-ethyl adjacent to an activating group) is 1. The van der Waals surface area contributed by atoms with Crippen LogP contribution in [-0.2, 0) is 24.8 Å². The van der Waals surface area contributed by atoms with Crippen LogP contribution in [0, 0.1) is 0 Å². The highest BCUT2D eigenvalue weighted by atomic mass is 16.5. The van der Waals surface area contributed by atoms with E-state index >= 15 is 0 Å². The van der Waals surface area contributed by atoms with Crippen molar-refractivity contribution in [2.75, 3.05) is 13.6 Å². The second-order valence-electron chi connectivity index (χ2n) is 7.38. The molecule has 2 atom stereocenters. The second-order valence-corrected chi connectivity index (χ2v) is 7.38. The predicted molar refractivity (Wildman–Crippen MR) is 103 cm³/mol. The standard InChI is InChI=1S/C21H26N4O/c1-24(14-17-4-3-9-22-12-17)15-20-7-6-19(26-20)11-16-5-8-21-18(10-16)13-23-25(21)2/h3-5,8-10,12-13,19-20H,6-7,11,14-15H2,1-2H3/t19-,20+/m1/s1. The number of hydrogen-bond acceptors (Lipinski definition) is 4. The van der Waals surface area contributed by atoms with Gasteiger partial charge in [-0.1, -0.05) is 12.1 Å². The van der Waals surface area contributed by atoms with E-state index in [0.717, 1.165) is 32.4 Å². The van der Waals surface area contributed by atoms with E-state index in [1.54, 1.807) is 0 Å². The molecule has 0 N–H and O–H groups in total. The fourth-order valence-corrected chi connectivity index (χ4v) is 3.88. The number of rotatable bonds is 6. The Labute approximate surface area is 154 Å². The van der Waals surface area contributed by atoms with Gasteiger partial charge < -0.3 is 4.74 Å². The van der Waals surface area contributed by atoms with Gasteiger partial charge in [-0.05, 0) is 55.6 Å². The van der Waals surface area contributed by atoms with Crippen LogP contribution < -0.4 is 0 Å². The highest BCUT2D eigenvalue weighted by molar-refractivity contribution is 5.79. The molecule has 1 aliphatic heterocycles. The summed E-state index contributed by atoms with van der Waals surface area (Å²) in [7, 11) is 4.13. The summed E-state index contributed by atoms with van der Waals surface area (Å²) in [6.07, 6.45) is 9.58. The minimum absolute atomic E-state index is 0.320. The van der Waals surface area contributed by atoms with Gasteiger partial charge >= 0.3 is 0 Å². The van der Waals surface area contributed by atoms with Crippen molar-refractivity contribution in [1.82, 2.24) is 19.7 Å². The van der Waals surface area contributed by atoms with Gasteiger partial charge in [0.05, 0.1) is 23.9 Å². The molecule has 1 saturated heterocycles. The number of aryl methyl sites for hydroxylation is 1. The third kappa shape index (κ3) is 3.94. The molecule has 0 aliphatic carbocycles. The van der Waals surface area contributed by atoms with Gasteiger partial charge in [-0.3, -0.25) is 14.6 Å². The summed E-state index contributed by atoms with van der Waals surface area (Å²) in [5.74, 6) is 0. The molecule has 0 unspecified atom stereocenters. The number of aromatic nitrogens is 3. The molecule has 3 aromatic rings. The van der Waals surface area contributed by atoms with E-state index in [1.165, 1.54) is 22.0 Å². The molecule has 1 fully saturated rings. The number of pyridine rings is 1. The lowest BCUT2D eigenvalue weighted by molar-refractivity contribution is 0.0267. The first-order valence-corrected chi connectivity index (χ1v) is 9.31. The van der Waals surface area contributed by atoms with Crippen LogP contribution in [0.2, 0.25) is 0 Å². The summed E-state index contributed by atoms with van der Waals surface area (Å²) >= 11 is 0. The fraction of sp³-hybridized carbons (Fsp3) is 0.429. The predicted octanol–water partition coefficient (Wildman–Crippen LogP) is 3.19. The van der Waals surface area contributed by atoms with Crippen LogP contribution in [0.3, 0.4) is 0 Å². The summed E-state index contributed by atoms with van der Waals surface area (Å²) in [5.41, 5.74) is 3.75. The lowest BCUT2D eigenvalue weighted by Crippen LogP contribution is -2.29. The quantitative estimate of drug-likeness (QED) is 0.685. The Hall–Kier alpha value is -2.24. The maximum atomic E-state index is 6.31. The Morgan fingerprint density at radius 3 is 2.88 bits per heavy atom. The topological polar surface area (TPSA) is 43.2 Å². The molecule has 0 bridgehead atoms. The van der Waals surface area contributed by atoms with Crippen LogP contribution in [0.5, 0.6) is 0 Å². The molecule has 1 aromatic carbocycles. The Kier molecular flexibility index (Phi) is 5.00. The minimum Gasteiger partial charge on any atom is -0.373 e. The van der Waals surface area contributed by atoms with Crippen molar-refractivity contribution in [3.8, 4) is 0 Å². The van der Waals surface area contributed by atoms with E-state index in [4.69, 9.17) is 4.74 Å². The Morgan fingerprint density at radius 2 is 2.04 bits per heavy atom. The van der Waals surface area contributed by atoms with Crippen molar-refractivity contribution in [2.24, 2.45) is 7.05 Å². The molecule has 0 spiro atoms. The number of ether oxygens (including phenoxy) is 1. The van der Waals surface area contributed by atoms with E-state index in [1.807, 2.05) is 36.4 Å². The average molecular weight is 350 g/mol. The van der Waals surface area contributed by atoms with Gasteiger partial charge in [-0.15, -0.1) is 0 Å². The largest absolute Gasteiger partial charge is 0.373 e. The van der Waals surface area contributed by atoms with Gasteiger partial charge in [0.2, 0.25) is 0 Å². The Bertz CT molecular complexity index is 861. The zero-order valence-electron chi connectivity index (χ0n) is 15.5. The molecule has 4 rings (SSSR count). The molecule has 2 aromatic heterocycles. The molecule has 136 valence electrons. The van der Waals surface area contributed by atoms with E-state index in [-0.39, 0.29) is 0 Å². The zero-order valence-corrected chi connectivity index (χ0v) is 15.5. The maximum absolute atomic E-state index is 6.31. The van der Waals surface area contributed by atoms with Gasteiger partial charge in [0, 0.05) is 37.9 Å². The average Bonchev–Trinajstić information content (AvgIpc) is 3.22. The highest BCUT2D eigenvalue weighted by Gasteiger charge is 2.26. The van der Waals surface area contributed by atoms with Crippen molar-refractivity contribution >= 4 is 10.9 Å². The highest BCUT2D eigenvalue weighted by Crippen LogP contribution is 2.25. The van der Waals surface area contributed by atoms with E-state index < -0.39 is 0 Å². The molecular weight excluding hydrogens is 324 g/mol. The smallest absolute Gasteiger partial charge is 0.0706 e. The van der Waals surface area contributed by atoms with E-state index in [9.17, 15) is 0 Å². The molecule has 26 heavy (non-hydrogen) atoms. The zero-order chi connectivity index (χ0) is 17.9. The lowest BCUT2D eigenvalue weighted by Gasteiger charge is -2.21. The van der Waals surface area contributed by atoms with E-state index in [2.05, 4.69) is 46.3 Å². The summed E-state index contributed by atoms with van der Waals surface area (Å²) in [6.45, 7) is 1.88. The van der Waals surface area contributed by atoms with Gasteiger partial charge in [-0.2, -0.15) is 5.10 Å². The summed E-state index contributed by atoms with van der Waals surface area (Å²) < 4.78 is 8.23. The summed E-state index contributed by atoms with van der Waals surface area (Å²) in [6, 6.07) is 10.7. The van der Waals surface area contributed by atoms with Crippen molar-refractivity contribution in [3.63, 3.8) is 0 Å². The first-order chi connectivity index (χ1) is 12.7. The molecule has 0 amide bonds. The van der Waals surface area contributed by atoms with Crippen LogP contribution in [0.25, 0.3) is 10.9 Å². The minimum atomic E-state index is 0.320. The van der Waals surface area contributed by atoms with Crippen molar-refractivity contribution in [3.05, 3.63) is 60.0 Å². The number of fused-ring (bicyclic) bond motifs is 1. The SMILES string of the molecule is CN(Cc1cccnc1)C[C@@H]1CC[C@H](Cc2ccc3c(cnn3C)c2)O1. The van der Waals surface area contributed by atoms with Crippen LogP contribution in [0.15, 0.2) is 48.9 Å². The van der Waals surface area contributed by atoms with Gasteiger partial charge in [-0.25, -0.2) is 0 Å².